The molecule has 20 heavy (non-hydrogen) atoms. The van der Waals surface area contributed by atoms with E-state index in [9.17, 15) is 9.59 Å². The van der Waals surface area contributed by atoms with E-state index in [2.05, 4.69) is 19.2 Å². The Hall–Kier alpha value is -1.10. The van der Waals surface area contributed by atoms with Gasteiger partial charge in [0.25, 0.3) is 0 Å². The Morgan fingerprint density at radius 1 is 1.25 bits per heavy atom. The molecule has 0 radical (unpaired) electrons. The fourth-order valence-electron chi connectivity index (χ4n) is 2.31. The summed E-state index contributed by atoms with van der Waals surface area (Å²) in [7, 11) is 0. The number of hydrogen-bond acceptors (Lipinski definition) is 3. The second kappa shape index (κ2) is 9.75. The van der Waals surface area contributed by atoms with Crippen LogP contribution >= 0.6 is 0 Å². The van der Waals surface area contributed by atoms with Gasteiger partial charge >= 0.3 is 5.97 Å². The Labute approximate surface area is 122 Å². The topological polar surface area (TPSA) is 92.4 Å². The molecular weight excluding hydrogens is 256 g/mol. The minimum absolute atomic E-state index is 0.0486. The Morgan fingerprint density at radius 3 is 2.30 bits per heavy atom. The summed E-state index contributed by atoms with van der Waals surface area (Å²) in [4.78, 5) is 23.0. The highest BCUT2D eigenvalue weighted by Crippen LogP contribution is 2.15. The third kappa shape index (κ3) is 7.48. The van der Waals surface area contributed by atoms with E-state index in [0.29, 0.717) is 12.3 Å². The smallest absolute Gasteiger partial charge is 0.305 e. The van der Waals surface area contributed by atoms with Crippen LogP contribution in [0.25, 0.3) is 0 Å². The van der Waals surface area contributed by atoms with Crippen LogP contribution in [0.1, 0.15) is 59.8 Å². The zero-order valence-corrected chi connectivity index (χ0v) is 13.2. The maximum absolute atomic E-state index is 12.0. The molecule has 0 aliphatic heterocycles. The van der Waals surface area contributed by atoms with Gasteiger partial charge in [-0.3, -0.25) is 9.59 Å². The number of carbonyl (C=O) groups is 2. The van der Waals surface area contributed by atoms with Crippen molar-refractivity contribution in [1.82, 2.24) is 5.32 Å². The monoisotopic (exact) mass is 286 g/mol. The van der Waals surface area contributed by atoms with Crippen molar-refractivity contribution < 1.29 is 14.7 Å². The molecule has 0 saturated carbocycles. The number of rotatable bonds is 10. The lowest BCUT2D eigenvalue weighted by Gasteiger charge is -2.24. The van der Waals surface area contributed by atoms with Crippen molar-refractivity contribution in [1.29, 1.82) is 0 Å². The van der Waals surface area contributed by atoms with Gasteiger partial charge in [0.2, 0.25) is 5.91 Å². The van der Waals surface area contributed by atoms with Gasteiger partial charge in [0, 0.05) is 6.04 Å². The first-order valence-electron chi connectivity index (χ1n) is 7.59. The normalized spacial score (nSPS) is 17.1. The third-order valence-corrected chi connectivity index (χ3v) is 3.80. The zero-order chi connectivity index (χ0) is 15.7. The first-order chi connectivity index (χ1) is 9.31. The first-order valence-corrected chi connectivity index (χ1v) is 7.59. The molecule has 0 saturated heterocycles. The molecule has 0 rings (SSSR count). The van der Waals surface area contributed by atoms with Gasteiger partial charge in [0.05, 0.1) is 12.5 Å². The first kappa shape index (κ1) is 18.9. The molecule has 4 unspecified atom stereocenters. The Balaban J connectivity index is 4.55. The SMILES string of the molecule is CCCC(C)CC(CC(=O)O)NC(=O)C(N)C(C)CC. The molecule has 118 valence electrons. The van der Waals surface area contributed by atoms with Crippen molar-refractivity contribution in [2.24, 2.45) is 17.6 Å². The summed E-state index contributed by atoms with van der Waals surface area (Å²) in [5.74, 6) is -0.650. The van der Waals surface area contributed by atoms with Gasteiger partial charge in [-0.2, -0.15) is 0 Å². The quantitative estimate of drug-likeness (QED) is 0.573. The number of hydrogen-bond donors (Lipinski definition) is 3. The predicted octanol–water partition coefficient (Wildman–Crippen LogP) is 2.15. The molecule has 0 heterocycles. The minimum atomic E-state index is -0.892. The molecule has 0 bridgehead atoms. The molecule has 0 fully saturated rings. The standard InChI is InChI=1S/C15H30N2O3/c1-5-7-10(3)8-12(9-13(18)19)17-15(20)14(16)11(4)6-2/h10-12,14H,5-9,16H2,1-4H3,(H,17,20)(H,18,19). The van der Waals surface area contributed by atoms with Crippen LogP contribution in [-0.2, 0) is 9.59 Å². The Morgan fingerprint density at radius 2 is 1.85 bits per heavy atom. The lowest BCUT2D eigenvalue weighted by molar-refractivity contribution is -0.137. The summed E-state index contributed by atoms with van der Waals surface area (Å²) in [5, 5.41) is 11.8. The van der Waals surface area contributed by atoms with Gasteiger partial charge in [0.15, 0.2) is 0 Å². The van der Waals surface area contributed by atoms with E-state index in [-0.39, 0.29) is 24.3 Å². The number of aliphatic carboxylic acids is 1. The van der Waals surface area contributed by atoms with Crippen LogP contribution in [0.15, 0.2) is 0 Å². The molecule has 0 spiro atoms. The summed E-state index contributed by atoms with van der Waals surface area (Å²) >= 11 is 0. The number of nitrogens with two attached hydrogens (primary N) is 1. The molecule has 0 aliphatic rings. The average Bonchev–Trinajstić information content (AvgIpc) is 2.36. The third-order valence-electron chi connectivity index (χ3n) is 3.80. The largest absolute Gasteiger partial charge is 0.481 e. The average molecular weight is 286 g/mol. The number of carbonyl (C=O) groups excluding carboxylic acids is 1. The number of nitrogens with one attached hydrogen (secondary N) is 1. The lowest BCUT2D eigenvalue weighted by atomic mass is 9.94. The molecule has 0 aliphatic carbocycles. The van der Waals surface area contributed by atoms with Crippen LogP contribution < -0.4 is 11.1 Å². The van der Waals surface area contributed by atoms with E-state index >= 15 is 0 Å². The van der Waals surface area contributed by atoms with E-state index in [1.165, 1.54) is 0 Å². The van der Waals surface area contributed by atoms with Crippen LogP contribution in [0.2, 0.25) is 0 Å². The van der Waals surface area contributed by atoms with Gasteiger partial charge in [-0.25, -0.2) is 0 Å². The van der Waals surface area contributed by atoms with Crippen molar-refractivity contribution in [2.45, 2.75) is 71.9 Å². The summed E-state index contributed by atoms with van der Waals surface area (Å²) in [6.07, 6.45) is 3.54. The molecular formula is C15H30N2O3. The van der Waals surface area contributed by atoms with Gasteiger partial charge < -0.3 is 16.2 Å². The molecule has 5 heteroatoms. The van der Waals surface area contributed by atoms with E-state index in [1.54, 1.807) is 0 Å². The summed E-state index contributed by atoms with van der Waals surface area (Å²) in [6, 6.07) is -0.908. The lowest BCUT2D eigenvalue weighted by Crippen LogP contribution is -2.49. The van der Waals surface area contributed by atoms with Crippen molar-refractivity contribution in [2.75, 3.05) is 0 Å². The number of carboxylic acids is 1. The molecule has 0 aromatic rings. The van der Waals surface area contributed by atoms with Crippen LogP contribution in [0, 0.1) is 11.8 Å². The molecule has 4 N–H and O–H groups in total. The second-order valence-electron chi connectivity index (χ2n) is 5.84. The summed E-state index contributed by atoms with van der Waals surface area (Å²) in [5.41, 5.74) is 5.88. The second-order valence-corrected chi connectivity index (χ2v) is 5.84. The van der Waals surface area contributed by atoms with Gasteiger partial charge in [-0.1, -0.05) is 47.0 Å². The summed E-state index contributed by atoms with van der Waals surface area (Å²) < 4.78 is 0. The number of carboxylic acid groups (broad SMARTS) is 1. The predicted molar refractivity (Wildman–Crippen MR) is 80.3 cm³/mol. The molecule has 0 aromatic carbocycles. The molecule has 4 atom stereocenters. The van der Waals surface area contributed by atoms with Crippen molar-refractivity contribution in [3.05, 3.63) is 0 Å². The van der Waals surface area contributed by atoms with Crippen LogP contribution in [0.4, 0.5) is 0 Å². The fourth-order valence-corrected chi connectivity index (χ4v) is 2.31. The maximum Gasteiger partial charge on any atom is 0.305 e. The Kier molecular flexibility index (Phi) is 9.21. The number of amides is 1. The molecule has 0 aromatic heterocycles. The highest BCUT2D eigenvalue weighted by molar-refractivity contribution is 5.82. The maximum atomic E-state index is 12.0. The van der Waals surface area contributed by atoms with E-state index in [1.807, 2.05) is 13.8 Å². The molecule has 1 amide bonds. The molecule has 5 nitrogen and oxygen atoms in total. The van der Waals surface area contributed by atoms with Crippen LogP contribution in [0.5, 0.6) is 0 Å². The fraction of sp³-hybridized carbons (Fsp3) is 0.867. The van der Waals surface area contributed by atoms with Crippen molar-refractivity contribution in [3.63, 3.8) is 0 Å². The van der Waals surface area contributed by atoms with Crippen molar-refractivity contribution in [3.8, 4) is 0 Å². The summed E-state index contributed by atoms with van der Waals surface area (Å²) in [6.45, 7) is 8.09. The van der Waals surface area contributed by atoms with Gasteiger partial charge in [0.1, 0.15) is 0 Å². The van der Waals surface area contributed by atoms with Gasteiger partial charge in [-0.05, 0) is 18.3 Å². The van der Waals surface area contributed by atoms with Crippen LogP contribution in [0.3, 0.4) is 0 Å². The van der Waals surface area contributed by atoms with E-state index in [0.717, 1.165) is 19.3 Å². The van der Waals surface area contributed by atoms with Gasteiger partial charge in [-0.15, -0.1) is 0 Å². The van der Waals surface area contributed by atoms with E-state index in [4.69, 9.17) is 10.8 Å². The minimum Gasteiger partial charge on any atom is -0.481 e. The van der Waals surface area contributed by atoms with Crippen molar-refractivity contribution >= 4 is 11.9 Å². The zero-order valence-electron chi connectivity index (χ0n) is 13.2. The van der Waals surface area contributed by atoms with Crippen LogP contribution in [-0.4, -0.2) is 29.1 Å². The Bertz CT molecular complexity index is 307. The highest BCUT2D eigenvalue weighted by Gasteiger charge is 2.24. The van der Waals surface area contributed by atoms with E-state index < -0.39 is 12.0 Å². The highest BCUT2D eigenvalue weighted by atomic mass is 16.4.